The molecular formula is C16H22ClNO. The maximum absolute atomic E-state index is 12.4. The van der Waals surface area contributed by atoms with E-state index in [0.29, 0.717) is 12.4 Å². The number of aryl methyl sites for hydroxylation is 1. The Labute approximate surface area is 120 Å². The van der Waals surface area contributed by atoms with E-state index in [1.807, 2.05) is 6.07 Å². The average Bonchev–Trinajstić information content (AvgIpc) is 2.44. The van der Waals surface area contributed by atoms with Gasteiger partial charge in [-0.1, -0.05) is 38.1 Å². The van der Waals surface area contributed by atoms with Crippen molar-refractivity contribution in [3.05, 3.63) is 35.4 Å². The van der Waals surface area contributed by atoms with Crippen LogP contribution in [0, 0.1) is 5.41 Å². The van der Waals surface area contributed by atoms with Gasteiger partial charge in [0.2, 0.25) is 5.91 Å². The van der Waals surface area contributed by atoms with Crippen LogP contribution in [-0.4, -0.2) is 18.3 Å². The maximum atomic E-state index is 12.4. The molecule has 1 aromatic carbocycles. The molecule has 1 atom stereocenters. The fourth-order valence-corrected chi connectivity index (χ4v) is 2.62. The molecule has 0 spiro atoms. The smallest absolute Gasteiger partial charge is 0.227 e. The molecule has 0 saturated carbocycles. The number of amides is 1. The molecule has 104 valence electrons. The van der Waals surface area contributed by atoms with Crippen LogP contribution in [-0.2, 0) is 11.2 Å². The van der Waals surface area contributed by atoms with Crippen molar-refractivity contribution in [2.75, 3.05) is 12.4 Å². The quantitative estimate of drug-likeness (QED) is 0.840. The molecule has 19 heavy (non-hydrogen) atoms. The van der Waals surface area contributed by atoms with Crippen LogP contribution in [0.15, 0.2) is 24.3 Å². The lowest BCUT2D eigenvalue weighted by Crippen LogP contribution is -2.38. The second-order valence-electron chi connectivity index (χ2n) is 6.16. The molecule has 1 N–H and O–H groups in total. The van der Waals surface area contributed by atoms with Crippen molar-refractivity contribution in [1.82, 2.24) is 5.32 Å². The monoisotopic (exact) mass is 279 g/mol. The van der Waals surface area contributed by atoms with Gasteiger partial charge < -0.3 is 5.32 Å². The lowest BCUT2D eigenvalue weighted by molar-refractivity contribution is -0.123. The Morgan fingerprint density at radius 1 is 1.42 bits per heavy atom. The minimum atomic E-state index is -0.0502. The van der Waals surface area contributed by atoms with E-state index in [0.717, 1.165) is 19.3 Å². The molecule has 0 radical (unpaired) electrons. The molecule has 2 rings (SSSR count). The lowest BCUT2D eigenvalue weighted by atomic mass is 9.82. The first-order valence-electron chi connectivity index (χ1n) is 6.95. The van der Waals surface area contributed by atoms with Gasteiger partial charge in [0, 0.05) is 12.4 Å². The van der Waals surface area contributed by atoms with Crippen molar-refractivity contribution in [2.45, 2.75) is 39.0 Å². The van der Waals surface area contributed by atoms with Gasteiger partial charge in [-0.15, -0.1) is 11.6 Å². The van der Waals surface area contributed by atoms with Crippen molar-refractivity contribution in [1.29, 1.82) is 0 Å². The normalized spacial score (nSPS) is 18.8. The van der Waals surface area contributed by atoms with E-state index in [2.05, 4.69) is 37.4 Å². The molecule has 1 aromatic rings. The van der Waals surface area contributed by atoms with Crippen LogP contribution in [0.5, 0.6) is 0 Å². The molecule has 2 nitrogen and oxygen atoms in total. The SMILES string of the molecule is CC(C)(CCl)CNC(=O)C1CCCc2ccccc21. The van der Waals surface area contributed by atoms with E-state index in [-0.39, 0.29) is 17.2 Å². The Balaban J connectivity index is 2.05. The van der Waals surface area contributed by atoms with Gasteiger partial charge in [-0.2, -0.15) is 0 Å². The van der Waals surface area contributed by atoms with Crippen molar-refractivity contribution in [2.24, 2.45) is 5.41 Å². The number of nitrogens with one attached hydrogen (secondary N) is 1. The molecule has 0 saturated heterocycles. The zero-order valence-corrected chi connectivity index (χ0v) is 12.5. The van der Waals surface area contributed by atoms with Crippen LogP contribution in [0.4, 0.5) is 0 Å². The van der Waals surface area contributed by atoms with Crippen molar-refractivity contribution >= 4 is 17.5 Å². The minimum Gasteiger partial charge on any atom is -0.355 e. The Bertz CT molecular complexity index is 456. The number of rotatable bonds is 4. The van der Waals surface area contributed by atoms with Crippen molar-refractivity contribution in [3.8, 4) is 0 Å². The summed E-state index contributed by atoms with van der Waals surface area (Å²) in [6.45, 7) is 4.76. The van der Waals surface area contributed by atoms with Crippen LogP contribution in [0.3, 0.4) is 0 Å². The maximum Gasteiger partial charge on any atom is 0.227 e. The van der Waals surface area contributed by atoms with Gasteiger partial charge in [-0.3, -0.25) is 4.79 Å². The summed E-state index contributed by atoms with van der Waals surface area (Å²) >= 11 is 5.89. The third-order valence-corrected chi connectivity index (χ3v) is 4.51. The number of carbonyl (C=O) groups is 1. The summed E-state index contributed by atoms with van der Waals surface area (Å²) in [6.07, 6.45) is 3.13. The molecular weight excluding hydrogens is 258 g/mol. The molecule has 0 heterocycles. The number of hydrogen-bond donors (Lipinski definition) is 1. The van der Waals surface area contributed by atoms with Crippen LogP contribution in [0.25, 0.3) is 0 Å². The summed E-state index contributed by atoms with van der Waals surface area (Å²) in [4.78, 5) is 12.4. The number of carbonyl (C=O) groups excluding carboxylic acids is 1. The van der Waals surface area contributed by atoms with Gasteiger partial charge in [-0.25, -0.2) is 0 Å². The fraction of sp³-hybridized carbons (Fsp3) is 0.562. The zero-order chi connectivity index (χ0) is 13.9. The zero-order valence-electron chi connectivity index (χ0n) is 11.7. The van der Waals surface area contributed by atoms with Gasteiger partial charge in [0.25, 0.3) is 0 Å². The third kappa shape index (κ3) is 3.50. The van der Waals surface area contributed by atoms with E-state index in [4.69, 9.17) is 11.6 Å². The summed E-state index contributed by atoms with van der Waals surface area (Å²) < 4.78 is 0. The molecule has 3 heteroatoms. The Kier molecular flexibility index (Phi) is 4.51. The summed E-state index contributed by atoms with van der Waals surface area (Å²) in [5.74, 6) is 0.704. The first-order chi connectivity index (χ1) is 9.03. The highest BCUT2D eigenvalue weighted by Crippen LogP contribution is 2.31. The molecule has 0 fully saturated rings. The number of alkyl halides is 1. The number of hydrogen-bond acceptors (Lipinski definition) is 1. The second kappa shape index (κ2) is 5.96. The van der Waals surface area contributed by atoms with E-state index in [1.165, 1.54) is 11.1 Å². The van der Waals surface area contributed by atoms with Gasteiger partial charge in [-0.05, 0) is 35.8 Å². The summed E-state index contributed by atoms with van der Waals surface area (Å²) in [5, 5.41) is 3.06. The Hall–Kier alpha value is -1.02. The Morgan fingerprint density at radius 3 is 2.89 bits per heavy atom. The van der Waals surface area contributed by atoms with Crippen LogP contribution in [0.1, 0.15) is 43.7 Å². The second-order valence-corrected chi connectivity index (χ2v) is 6.43. The third-order valence-electron chi connectivity index (χ3n) is 3.79. The minimum absolute atomic E-state index is 0.0103. The predicted molar refractivity (Wildman–Crippen MR) is 79.6 cm³/mol. The fourth-order valence-electron chi connectivity index (χ4n) is 2.52. The number of fused-ring (bicyclic) bond motifs is 1. The Morgan fingerprint density at radius 2 is 2.16 bits per heavy atom. The number of benzene rings is 1. The van der Waals surface area contributed by atoms with Crippen molar-refractivity contribution in [3.63, 3.8) is 0 Å². The van der Waals surface area contributed by atoms with Crippen molar-refractivity contribution < 1.29 is 4.79 Å². The largest absolute Gasteiger partial charge is 0.355 e. The van der Waals surface area contributed by atoms with Crippen LogP contribution < -0.4 is 5.32 Å². The summed E-state index contributed by atoms with van der Waals surface area (Å²) in [5.41, 5.74) is 2.48. The first-order valence-corrected chi connectivity index (χ1v) is 7.48. The van der Waals surface area contributed by atoms with E-state index < -0.39 is 0 Å². The molecule has 1 aliphatic rings. The molecule has 0 aromatic heterocycles. The standard InChI is InChI=1S/C16H22ClNO/c1-16(2,10-17)11-18-15(19)14-9-5-7-12-6-3-4-8-13(12)14/h3-4,6,8,14H,5,7,9-11H2,1-2H3,(H,18,19). The molecule has 1 unspecified atom stereocenters. The topological polar surface area (TPSA) is 29.1 Å². The van der Waals surface area contributed by atoms with E-state index in [9.17, 15) is 4.79 Å². The number of halogens is 1. The first kappa shape index (κ1) is 14.4. The van der Waals surface area contributed by atoms with Gasteiger partial charge in [0.05, 0.1) is 5.92 Å². The predicted octanol–water partition coefficient (Wildman–Crippen LogP) is 3.49. The highest BCUT2D eigenvalue weighted by molar-refractivity contribution is 6.18. The van der Waals surface area contributed by atoms with Gasteiger partial charge in [0.1, 0.15) is 0 Å². The van der Waals surface area contributed by atoms with Gasteiger partial charge >= 0.3 is 0 Å². The summed E-state index contributed by atoms with van der Waals surface area (Å²) in [6, 6.07) is 8.30. The molecule has 0 bridgehead atoms. The highest BCUT2D eigenvalue weighted by Gasteiger charge is 2.27. The van der Waals surface area contributed by atoms with Gasteiger partial charge in [0.15, 0.2) is 0 Å². The molecule has 0 aliphatic heterocycles. The van der Waals surface area contributed by atoms with E-state index in [1.54, 1.807) is 0 Å². The van der Waals surface area contributed by atoms with Crippen LogP contribution >= 0.6 is 11.6 Å². The van der Waals surface area contributed by atoms with Crippen LogP contribution in [0.2, 0.25) is 0 Å². The van der Waals surface area contributed by atoms with E-state index >= 15 is 0 Å². The lowest BCUT2D eigenvalue weighted by Gasteiger charge is -2.27. The molecule has 1 amide bonds. The highest BCUT2D eigenvalue weighted by atomic mass is 35.5. The summed E-state index contributed by atoms with van der Waals surface area (Å²) in [7, 11) is 0. The average molecular weight is 280 g/mol. The molecule has 1 aliphatic carbocycles.